The molecule has 1 fully saturated rings. The van der Waals surface area contributed by atoms with Gasteiger partial charge in [0.05, 0.1) is 19.8 Å². The molecule has 0 N–H and O–H groups in total. The van der Waals surface area contributed by atoms with Crippen molar-refractivity contribution < 1.29 is 14.3 Å². The number of aliphatic imine (C=N–C) groups is 1. The van der Waals surface area contributed by atoms with Gasteiger partial charge in [-0.1, -0.05) is 12.1 Å². The van der Waals surface area contributed by atoms with E-state index in [2.05, 4.69) is 4.99 Å². The molecule has 0 amide bonds. The Kier molecular flexibility index (Phi) is 4.37. The maximum atomic E-state index is 10.2. The summed E-state index contributed by atoms with van der Waals surface area (Å²) in [6, 6.07) is 5.63. The summed E-state index contributed by atoms with van der Waals surface area (Å²) in [6.07, 6.45) is 6.38. The first-order valence-electron chi connectivity index (χ1n) is 6.21. The summed E-state index contributed by atoms with van der Waals surface area (Å²) < 4.78 is 11.3. The van der Waals surface area contributed by atoms with E-state index in [-0.39, 0.29) is 12.6 Å². The van der Waals surface area contributed by atoms with Gasteiger partial charge >= 0.3 is 0 Å². The molecule has 18 heavy (non-hydrogen) atoms. The number of methoxy groups -OCH3 is 1. The molecule has 0 saturated heterocycles. The molecule has 0 spiro atoms. The predicted octanol–water partition coefficient (Wildman–Crippen LogP) is 2.85. The number of hydrogen-bond donors (Lipinski definition) is 0. The Labute approximate surface area is 107 Å². The van der Waals surface area contributed by atoms with Crippen LogP contribution in [0.5, 0.6) is 11.5 Å². The lowest BCUT2D eigenvalue weighted by atomic mass is 10.1. The van der Waals surface area contributed by atoms with Crippen molar-refractivity contribution in [2.45, 2.75) is 38.3 Å². The number of isocyanates is 1. The van der Waals surface area contributed by atoms with Crippen LogP contribution in [0, 0.1) is 0 Å². The molecule has 1 aliphatic carbocycles. The second-order valence-electron chi connectivity index (χ2n) is 4.38. The maximum absolute atomic E-state index is 10.2. The molecule has 96 valence electrons. The summed E-state index contributed by atoms with van der Waals surface area (Å²) in [6.45, 7) is 0.281. The van der Waals surface area contributed by atoms with Gasteiger partial charge in [0.2, 0.25) is 6.08 Å². The van der Waals surface area contributed by atoms with Crippen LogP contribution >= 0.6 is 0 Å². The van der Waals surface area contributed by atoms with Crippen LogP contribution < -0.4 is 9.47 Å². The number of carbonyl (C=O) groups excluding carboxylic acids is 1. The van der Waals surface area contributed by atoms with E-state index in [0.717, 1.165) is 18.4 Å². The first-order valence-corrected chi connectivity index (χ1v) is 6.21. The van der Waals surface area contributed by atoms with E-state index in [1.54, 1.807) is 13.2 Å². The van der Waals surface area contributed by atoms with E-state index < -0.39 is 0 Å². The molecular weight excluding hydrogens is 230 g/mol. The molecule has 1 saturated carbocycles. The molecule has 0 aromatic heterocycles. The van der Waals surface area contributed by atoms with Gasteiger partial charge in [-0.05, 0) is 31.7 Å². The zero-order valence-corrected chi connectivity index (χ0v) is 10.5. The minimum Gasteiger partial charge on any atom is -0.493 e. The third-order valence-electron chi connectivity index (χ3n) is 3.18. The average molecular weight is 247 g/mol. The number of para-hydroxylation sites is 1. The smallest absolute Gasteiger partial charge is 0.235 e. The van der Waals surface area contributed by atoms with Crippen LogP contribution in [0.25, 0.3) is 0 Å². The van der Waals surface area contributed by atoms with Gasteiger partial charge in [-0.25, -0.2) is 9.79 Å². The van der Waals surface area contributed by atoms with Gasteiger partial charge in [0.15, 0.2) is 11.5 Å². The minimum atomic E-state index is 0.250. The average Bonchev–Trinajstić information content (AvgIpc) is 2.90. The zero-order chi connectivity index (χ0) is 12.8. The molecule has 0 unspecified atom stereocenters. The molecule has 1 aromatic carbocycles. The normalized spacial score (nSPS) is 15.2. The van der Waals surface area contributed by atoms with Crippen LogP contribution in [0.1, 0.15) is 31.2 Å². The fourth-order valence-corrected chi connectivity index (χ4v) is 2.27. The van der Waals surface area contributed by atoms with Crippen molar-refractivity contribution in [3.63, 3.8) is 0 Å². The van der Waals surface area contributed by atoms with Crippen molar-refractivity contribution in [2.24, 2.45) is 4.99 Å². The zero-order valence-electron chi connectivity index (χ0n) is 10.5. The van der Waals surface area contributed by atoms with Crippen LogP contribution in [0.4, 0.5) is 0 Å². The van der Waals surface area contributed by atoms with Crippen molar-refractivity contribution in [2.75, 3.05) is 7.11 Å². The minimum absolute atomic E-state index is 0.250. The van der Waals surface area contributed by atoms with Crippen molar-refractivity contribution in [3.05, 3.63) is 23.8 Å². The number of rotatable bonds is 5. The van der Waals surface area contributed by atoms with E-state index in [1.165, 1.54) is 12.8 Å². The van der Waals surface area contributed by atoms with Crippen LogP contribution in [-0.2, 0) is 11.3 Å². The van der Waals surface area contributed by atoms with Gasteiger partial charge in [0, 0.05) is 5.56 Å². The van der Waals surface area contributed by atoms with Gasteiger partial charge in [-0.15, -0.1) is 0 Å². The van der Waals surface area contributed by atoms with E-state index in [1.807, 2.05) is 18.2 Å². The fraction of sp³-hybridized carbons (Fsp3) is 0.500. The molecule has 0 radical (unpaired) electrons. The number of hydrogen-bond acceptors (Lipinski definition) is 4. The SMILES string of the molecule is COc1cccc(CN=C=O)c1OC1CCCC1. The van der Waals surface area contributed by atoms with Crippen LogP contribution in [0.15, 0.2) is 23.2 Å². The lowest BCUT2D eigenvalue weighted by Gasteiger charge is -2.18. The first kappa shape index (κ1) is 12.7. The number of ether oxygens (including phenoxy) is 2. The molecule has 0 heterocycles. The molecule has 1 aromatic rings. The van der Waals surface area contributed by atoms with Crippen molar-refractivity contribution in [1.82, 2.24) is 0 Å². The highest BCUT2D eigenvalue weighted by Gasteiger charge is 2.20. The van der Waals surface area contributed by atoms with Crippen LogP contribution in [0.3, 0.4) is 0 Å². The maximum Gasteiger partial charge on any atom is 0.235 e. The second kappa shape index (κ2) is 6.22. The molecule has 0 aliphatic heterocycles. The van der Waals surface area contributed by atoms with Gasteiger partial charge < -0.3 is 9.47 Å². The Morgan fingerprint density at radius 1 is 1.39 bits per heavy atom. The molecule has 2 rings (SSSR count). The highest BCUT2D eigenvalue weighted by Crippen LogP contribution is 2.35. The lowest BCUT2D eigenvalue weighted by molar-refractivity contribution is 0.198. The summed E-state index contributed by atoms with van der Waals surface area (Å²) in [7, 11) is 1.61. The molecule has 4 nitrogen and oxygen atoms in total. The van der Waals surface area contributed by atoms with E-state index >= 15 is 0 Å². The highest BCUT2D eigenvalue weighted by molar-refractivity contribution is 5.47. The van der Waals surface area contributed by atoms with Gasteiger partial charge in [0.1, 0.15) is 0 Å². The van der Waals surface area contributed by atoms with E-state index in [0.29, 0.717) is 11.5 Å². The third kappa shape index (κ3) is 2.90. The summed E-state index contributed by atoms with van der Waals surface area (Å²) >= 11 is 0. The Bertz CT molecular complexity index is 446. The Hall–Kier alpha value is -1.80. The lowest BCUT2D eigenvalue weighted by Crippen LogP contribution is -2.13. The standard InChI is InChI=1S/C14H17NO3/c1-17-13-8-4-5-11(9-15-10-16)14(13)18-12-6-2-3-7-12/h4-5,8,12H,2-3,6-7,9H2,1H3. The quantitative estimate of drug-likeness (QED) is 0.593. The van der Waals surface area contributed by atoms with Gasteiger partial charge in [-0.3, -0.25) is 0 Å². The van der Waals surface area contributed by atoms with Crippen molar-refractivity contribution >= 4 is 6.08 Å². The summed E-state index contributed by atoms with van der Waals surface area (Å²) in [5.74, 6) is 1.41. The number of nitrogens with zero attached hydrogens (tertiary/aromatic N) is 1. The molecule has 0 bridgehead atoms. The highest BCUT2D eigenvalue weighted by atomic mass is 16.5. The number of benzene rings is 1. The summed E-state index contributed by atoms with van der Waals surface area (Å²) in [5.41, 5.74) is 0.865. The van der Waals surface area contributed by atoms with Gasteiger partial charge in [0.25, 0.3) is 0 Å². The van der Waals surface area contributed by atoms with Gasteiger partial charge in [-0.2, -0.15) is 0 Å². The van der Waals surface area contributed by atoms with Crippen molar-refractivity contribution in [1.29, 1.82) is 0 Å². The Balaban J connectivity index is 2.24. The summed E-state index contributed by atoms with van der Waals surface area (Å²) in [5, 5.41) is 0. The van der Waals surface area contributed by atoms with Crippen molar-refractivity contribution in [3.8, 4) is 11.5 Å². The fourth-order valence-electron chi connectivity index (χ4n) is 2.27. The molecule has 0 atom stereocenters. The van der Waals surface area contributed by atoms with Crippen LogP contribution in [0.2, 0.25) is 0 Å². The Morgan fingerprint density at radius 3 is 2.83 bits per heavy atom. The monoisotopic (exact) mass is 247 g/mol. The largest absolute Gasteiger partial charge is 0.493 e. The molecular formula is C14H17NO3. The predicted molar refractivity (Wildman–Crippen MR) is 67.7 cm³/mol. The third-order valence-corrected chi connectivity index (χ3v) is 3.18. The first-order chi connectivity index (χ1) is 8.85. The topological polar surface area (TPSA) is 47.9 Å². The second-order valence-corrected chi connectivity index (χ2v) is 4.38. The van der Waals surface area contributed by atoms with E-state index in [9.17, 15) is 4.79 Å². The molecule has 4 heteroatoms. The molecule has 1 aliphatic rings. The Morgan fingerprint density at radius 2 is 2.17 bits per heavy atom. The summed E-state index contributed by atoms with van der Waals surface area (Å²) in [4.78, 5) is 13.8. The van der Waals surface area contributed by atoms with E-state index in [4.69, 9.17) is 9.47 Å². The van der Waals surface area contributed by atoms with Crippen LogP contribution in [-0.4, -0.2) is 19.3 Å².